The summed E-state index contributed by atoms with van der Waals surface area (Å²) in [6, 6.07) is 11.7. The summed E-state index contributed by atoms with van der Waals surface area (Å²) in [5, 5.41) is 15.7. The highest BCUT2D eigenvalue weighted by atomic mass is 32.1. The maximum atomic E-state index is 12.6. The van der Waals surface area contributed by atoms with Crippen LogP contribution in [0.4, 0.5) is 10.7 Å². The first-order valence-electron chi connectivity index (χ1n) is 10.5. The zero-order valence-electron chi connectivity index (χ0n) is 18.0. The van der Waals surface area contributed by atoms with Crippen molar-refractivity contribution < 1.29 is 24.0 Å². The number of hydrogen-bond donors (Lipinski definition) is 1. The van der Waals surface area contributed by atoms with Gasteiger partial charge in [-0.15, -0.1) is 11.3 Å². The number of methoxy groups -OCH3 is 1. The number of benzene rings is 2. The molecule has 0 fully saturated rings. The molecule has 1 aliphatic rings. The van der Waals surface area contributed by atoms with Crippen molar-refractivity contribution in [3.05, 3.63) is 74.6 Å². The highest BCUT2D eigenvalue weighted by molar-refractivity contribution is 7.15. The standard InChI is InChI=1S/C24H22N2O6S/c1-31-24(28)22-20(17-7-6-15-4-2-3-5-16(15)12-17)14-33-23(22)25-21(27)13-32-19-10-8-18(9-11-19)26(29)30/h6-12,14H,2-5,13H2,1H3,(H,25,27). The van der Waals surface area contributed by atoms with Crippen LogP contribution in [0.25, 0.3) is 11.1 Å². The number of anilines is 1. The Bertz CT molecular complexity index is 1200. The summed E-state index contributed by atoms with van der Waals surface area (Å²) in [6.45, 7) is -0.315. The van der Waals surface area contributed by atoms with E-state index in [1.165, 1.54) is 60.3 Å². The predicted molar refractivity (Wildman–Crippen MR) is 125 cm³/mol. The van der Waals surface area contributed by atoms with Crippen LogP contribution in [-0.4, -0.2) is 30.5 Å². The van der Waals surface area contributed by atoms with Crippen LogP contribution in [0.3, 0.4) is 0 Å². The van der Waals surface area contributed by atoms with Crippen LogP contribution in [0.15, 0.2) is 47.8 Å². The minimum atomic E-state index is -0.532. The Labute approximate surface area is 194 Å². The molecule has 1 amide bonds. The molecule has 0 aliphatic heterocycles. The number of carbonyl (C=O) groups is 2. The van der Waals surface area contributed by atoms with Gasteiger partial charge in [0.1, 0.15) is 16.3 Å². The first-order chi connectivity index (χ1) is 16.0. The molecule has 1 N–H and O–H groups in total. The van der Waals surface area contributed by atoms with Crippen LogP contribution in [0.1, 0.15) is 34.3 Å². The Morgan fingerprint density at radius 2 is 1.82 bits per heavy atom. The van der Waals surface area contributed by atoms with Gasteiger partial charge in [-0.05, 0) is 54.5 Å². The van der Waals surface area contributed by atoms with Crippen molar-refractivity contribution in [2.75, 3.05) is 19.0 Å². The first kappa shape index (κ1) is 22.5. The van der Waals surface area contributed by atoms with E-state index in [9.17, 15) is 19.7 Å². The molecule has 9 heteroatoms. The fourth-order valence-corrected chi connectivity index (χ4v) is 4.82. The zero-order valence-corrected chi connectivity index (χ0v) is 18.8. The number of nitrogens with one attached hydrogen (secondary N) is 1. The van der Waals surface area contributed by atoms with E-state index in [1.54, 1.807) is 0 Å². The van der Waals surface area contributed by atoms with E-state index in [0.717, 1.165) is 24.8 Å². The number of nitro groups is 1. The second-order valence-electron chi connectivity index (χ2n) is 7.62. The average molecular weight is 467 g/mol. The number of esters is 1. The molecule has 170 valence electrons. The lowest BCUT2D eigenvalue weighted by atomic mass is 9.89. The SMILES string of the molecule is COC(=O)c1c(-c2ccc3c(c2)CCCC3)csc1NC(=O)COc1ccc([N+](=O)[O-])cc1. The molecule has 1 aromatic heterocycles. The molecule has 1 aliphatic carbocycles. The normalized spacial score (nSPS) is 12.5. The first-order valence-corrected chi connectivity index (χ1v) is 11.3. The Balaban J connectivity index is 1.50. The summed E-state index contributed by atoms with van der Waals surface area (Å²) in [6.07, 6.45) is 4.43. The second kappa shape index (κ2) is 9.83. The summed E-state index contributed by atoms with van der Waals surface area (Å²) in [5.74, 6) is -0.669. The van der Waals surface area contributed by atoms with Gasteiger partial charge in [-0.25, -0.2) is 4.79 Å². The Morgan fingerprint density at radius 1 is 1.09 bits per heavy atom. The van der Waals surface area contributed by atoms with E-state index in [0.29, 0.717) is 21.9 Å². The molecule has 0 spiro atoms. The molecule has 33 heavy (non-hydrogen) atoms. The van der Waals surface area contributed by atoms with Crippen molar-refractivity contribution >= 4 is 33.9 Å². The monoisotopic (exact) mass is 466 g/mol. The maximum Gasteiger partial charge on any atom is 0.341 e. The Morgan fingerprint density at radius 3 is 2.52 bits per heavy atom. The lowest BCUT2D eigenvalue weighted by Gasteiger charge is -2.16. The molecule has 3 aromatic rings. The summed E-state index contributed by atoms with van der Waals surface area (Å²) in [7, 11) is 1.31. The van der Waals surface area contributed by atoms with Crippen LogP contribution in [0.2, 0.25) is 0 Å². The lowest BCUT2D eigenvalue weighted by molar-refractivity contribution is -0.384. The van der Waals surface area contributed by atoms with E-state index < -0.39 is 16.8 Å². The number of ether oxygens (including phenoxy) is 2. The number of fused-ring (bicyclic) bond motifs is 1. The third kappa shape index (κ3) is 5.04. The number of amides is 1. The number of non-ortho nitro benzene ring substituents is 1. The quantitative estimate of drug-likeness (QED) is 0.298. The summed E-state index contributed by atoms with van der Waals surface area (Å²) >= 11 is 1.24. The zero-order chi connectivity index (χ0) is 23.4. The van der Waals surface area contributed by atoms with E-state index in [1.807, 2.05) is 11.4 Å². The van der Waals surface area contributed by atoms with Crippen molar-refractivity contribution in [1.82, 2.24) is 0 Å². The Kier molecular flexibility index (Phi) is 6.69. The minimum Gasteiger partial charge on any atom is -0.484 e. The molecule has 2 aromatic carbocycles. The van der Waals surface area contributed by atoms with Crippen molar-refractivity contribution in [2.45, 2.75) is 25.7 Å². The highest BCUT2D eigenvalue weighted by Crippen LogP contribution is 2.37. The molecule has 0 radical (unpaired) electrons. The topological polar surface area (TPSA) is 108 Å². The third-order valence-electron chi connectivity index (χ3n) is 5.51. The van der Waals surface area contributed by atoms with Gasteiger partial charge in [0.15, 0.2) is 6.61 Å². The van der Waals surface area contributed by atoms with Crippen LogP contribution in [-0.2, 0) is 22.4 Å². The van der Waals surface area contributed by atoms with E-state index in [2.05, 4.69) is 17.4 Å². The van der Waals surface area contributed by atoms with Crippen LogP contribution >= 0.6 is 11.3 Å². The minimum absolute atomic E-state index is 0.0668. The van der Waals surface area contributed by atoms with Crippen LogP contribution < -0.4 is 10.1 Å². The number of thiophene rings is 1. The summed E-state index contributed by atoms with van der Waals surface area (Å²) in [4.78, 5) is 35.3. The van der Waals surface area contributed by atoms with Gasteiger partial charge in [-0.3, -0.25) is 14.9 Å². The third-order valence-corrected chi connectivity index (χ3v) is 6.41. The molecule has 0 bridgehead atoms. The fraction of sp³-hybridized carbons (Fsp3) is 0.250. The molecular formula is C24H22N2O6S. The molecule has 0 saturated carbocycles. The van der Waals surface area contributed by atoms with E-state index in [4.69, 9.17) is 9.47 Å². The molecule has 0 unspecified atom stereocenters. The molecule has 4 rings (SSSR count). The highest BCUT2D eigenvalue weighted by Gasteiger charge is 2.23. The van der Waals surface area contributed by atoms with Crippen molar-refractivity contribution in [2.24, 2.45) is 0 Å². The largest absolute Gasteiger partial charge is 0.484 e. The average Bonchev–Trinajstić information content (AvgIpc) is 3.25. The molecular weight excluding hydrogens is 444 g/mol. The number of carbonyl (C=O) groups excluding carboxylic acids is 2. The number of nitrogens with zero attached hydrogens (tertiary/aromatic N) is 1. The van der Waals surface area contributed by atoms with E-state index in [-0.39, 0.29) is 12.3 Å². The van der Waals surface area contributed by atoms with Crippen molar-refractivity contribution in [1.29, 1.82) is 0 Å². The predicted octanol–water partition coefficient (Wildman–Crippen LogP) is 5.01. The molecule has 8 nitrogen and oxygen atoms in total. The van der Waals surface area contributed by atoms with E-state index >= 15 is 0 Å². The van der Waals surface area contributed by atoms with Gasteiger partial charge in [0.2, 0.25) is 0 Å². The van der Waals surface area contributed by atoms with Crippen molar-refractivity contribution in [3.8, 4) is 16.9 Å². The fourth-order valence-electron chi connectivity index (χ4n) is 3.84. The van der Waals surface area contributed by atoms with Crippen molar-refractivity contribution in [3.63, 3.8) is 0 Å². The lowest BCUT2D eigenvalue weighted by Crippen LogP contribution is -2.21. The van der Waals surface area contributed by atoms with Gasteiger partial charge in [0.05, 0.1) is 12.0 Å². The molecule has 0 saturated heterocycles. The van der Waals surface area contributed by atoms with Gasteiger partial charge >= 0.3 is 5.97 Å². The number of aryl methyl sites for hydroxylation is 2. The number of nitro benzene ring substituents is 1. The van der Waals surface area contributed by atoms with Gasteiger partial charge in [0, 0.05) is 23.1 Å². The smallest absolute Gasteiger partial charge is 0.341 e. The maximum absolute atomic E-state index is 12.6. The molecule has 0 atom stereocenters. The summed E-state index contributed by atoms with van der Waals surface area (Å²) in [5.41, 5.74) is 4.51. The van der Waals surface area contributed by atoms with Crippen LogP contribution in [0, 0.1) is 10.1 Å². The summed E-state index contributed by atoms with van der Waals surface area (Å²) < 4.78 is 10.4. The van der Waals surface area contributed by atoms with Crippen LogP contribution in [0.5, 0.6) is 5.75 Å². The second-order valence-corrected chi connectivity index (χ2v) is 8.50. The number of hydrogen-bond acceptors (Lipinski definition) is 7. The Hall–Kier alpha value is -3.72. The van der Waals surface area contributed by atoms with Gasteiger partial charge in [0.25, 0.3) is 11.6 Å². The van der Waals surface area contributed by atoms with Gasteiger partial charge in [-0.1, -0.05) is 18.2 Å². The van der Waals surface area contributed by atoms with Gasteiger partial charge in [-0.2, -0.15) is 0 Å². The van der Waals surface area contributed by atoms with Gasteiger partial charge < -0.3 is 14.8 Å². The molecule has 1 heterocycles. The number of rotatable bonds is 7.